The lowest BCUT2D eigenvalue weighted by Gasteiger charge is -2.05. The van der Waals surface area contributed by atoms with Crippen molar-refractivity contribution in [3.05, 3.63) is 64.1 Å². The van der Waals surface area contributed by atoms with Gasteiger partial charge in [-0.05, 0) is 43.2 Å². The summed E-state index contributed by atoms with van der Waals surface area (Å²) >= 11 is 4.89. The van der Waals surface area contributed by atoms with Gasteiger partial charge >= 0.3 is 0 Å². The van der Waals surface area contributed by atoms with Crippen molar-refractivity contribution in [1.29, 1.82) is 0 Å². The Morgan fingerprint density at radius 3 is 2.50 bits per heavy atom. The van der Waals surface area contributed by atoms with Crippen LogP contribution in [-0.2, 0) is 11.2 Å². The van der Waals surface area contributed by atoms with Crippen molar-refractivity contribution in [1.82, 2.24) is 5.32 Å². The first-order chi connectivity index (χ1) is 10.6. The molecule has 1 heterocycles. The molecule has 0 spiro atoms. The average molecular weight is 375 g/mol. The second kappa shape index (κ2) is 6.67. The topological polar surface area (TPSA) is 41.5 Å². The van der Waals surface area contributed by atoms with E-state index in [1.165, 1.54) is 22.9 Å². The van der Waals surface area contributed by atoms with E-state index in [1.54, 1.807) is 0 Å². The maximum absolute atomic E-state index is 12.1. The number of aryl methyl sites for hydroxylation is 1. The molecule has 5 heteroatoms. The number of benzene rings is 2. The fourth-order valence-corrected chi connectivity index (χ4v) is 3.46. The molecule has 1 fully saturated rings. The van der Waals surface area contributed by atoms with Gasteiger partial charge in [-0.1, -0.05) is 57.5 Å². The van der Waals surface area contributed by atoms with Gasteiger partial charge in [0.1, 0.15) is 0 Å². The van der Waals surface area contributed by atoms with Crippen LogP contribution in [0.2, 0.25) is 0 Å². The van der Waals surface area contributed by atoms with Crippen molar-refractivity contribution in [3.63, 3.8) is 0 Å². The quantitative estimate of drug-likeness (QED) is 0.873. The van der Waals surface area contributed by atoms with Crippen LogP contribution in [-0.4, -0.2) is 16.3 Å². The summed E-state index contributed by atoms with van der Waals surface area (Å²) < 4.78 is 1.01. The van der Waals surface area contributed by atoms with Crippen LogP contribution >= 0.6 is 27.7 Å². The second-order valence-electron chi connectivity index (χ2n) is 5.18. The zero-order valence-corrected chi connectivity index (χ0v) is 14.4. The standard InChI is InChI=1S/C17H15BrN2OS/c1-11-2-4-12(5-3-11)10-15-16(21)20-17(22-15)19-14-8-6-13(18)7-9-14/h2-9,15H,10H2,1H3,(H,19,20,21)/t15-/m0/s1. The van der Waals surface area contributed by atoms with Crippen LogP contribution in [0.3, 0.4) is 0 Å². The Hall–Kier alpha value is -1.59. The smallest absolute Gasteiger partial charge is 0.239 e. The number of hydrogen-bond donors (Lipinski definition) is 1. The molecule has 1 aliphatic heterocycles. The van der Waals surface area contributed by atoms with Crippen LogP contribution in [0, 0.1) is 6.92 Å². The van der Waals surface area contributed by atoms with Crippen molar-refractivity contribution in [2.45, 2.75) is 18.6 Å². The molecular weight excluding hydrogens is 360 g/mol. The summed E-state index contributed by atoms with van der Waals surface area (Å²) in [6.45, 7) is 2.06. The highest BCUT2D eigenvalue weighted by Crippen LogP contribution is 2.26. The van der Waals surface area contributed by atoms with E-state index in [9.17, 15) is 4.79 Å². The van der Waals surface area contributed by atoms with Gasteiger partial charge in [-0.15, -0.1) is 0 Å². The maximum atomic E-state index is 12.1. The number of hydrogen-bond acceptors (Lipinski definition) is 3. The second-order valence-corrected chi connectivity index (χ2v) is 7.29. The third-order valence-electron chi connectivity index (χ3n) is 3.38. The zero-order valence-electron chi connectivity index (χ0n) is 12.0. The Bertz CT molecular complexity index is 710. The Labute approximate surface area is 142 Å². The van der Waals surface area contributed by atoms with Crippen molar-refractivity contribution in [3.8, 4) is 0 Å². The molecule has 1 saturated heterocycles. The minimum atomic E-state index is -0.114. The van der Waals surface area contributed by atoms with E-state index < -0.39 is 0 Å². The molecule has 0 bridgehead atoms. The fourth-order valence-electron chi connectivity index (χ4n) is 2.16. The number of thioether (sulfide) groups is 1. The highest BCUT2D eigenvalue weighted by atomic mass is 79.9. The number of carbonyl (C=O) groups is 1. The van der Waals surface area contributed by atoms with Gasteiger partial charge in [-0.3, -0.25) is 4.79 Å². The molecule has 2 aromatic rings. The lowest BCUT2D eigenvalue weighted by Crippen LogP contribution is -2.25. The van der Waals surface area contributed by atoms with Crippen LogP contribution in [0.15, 0.2) is 58.0 Å². The van der Waals surface area contributed by atoms with Crippen molar-refractivity contribution in [2.24, 2.45) is 4.99 Å². The van der Waals surface area contributed by atoms with Gasteiger partial charge in [-0.25, -0.2) is 4.99 Å². The Morgan fingerprint density at radius 2 is 1.82 bits per heavy atom. The van der Waals surface area contributed by atoms with E-state index in [0.717, 1.165) is 16.6 Å². The molecule has 0 unspecified atom stereocenters. The van der Waals surface area contributed by atoms with Gasteiger partial charge in [0, 0.05) is 4.47 Å². The van der Waals surface area contributed by atoms with E-state index in [0.29, 0.717) is 5.17 Å². The van der Waals surface area contributed by atoms with Crippen LogP contribution < -0.4 is 5.32 Å². The minimum Gasteiger partial charge on any atom is -0.304 e. The molecule has 0 saturated carbocycles. The summed E-state index contributed by atoms with van der Waals surface area (Å²) in [6.07, 6.45) is 0.718. The van der Waals surface area contributed by atoms with Gasteiger partial charge < -0.3 is 5.32 Å². The van der Waals surface area contributed by atoms with Crippen LogP contribution in [0.4, 0.5) is 5.69 Å². The van der Waals surface area contributed by atoms with Gasteiger partial charge in [0.2, 0.25) is 5.91 Å². The van der Waals surface area contributed by atoms with Crippen LogP contribution in [0.1, 0.15) is 11.1 Å². The number of amides is 1. The van der Waals surface area contributed by atoms with Crippen LogP contribution in [0.5, 0.6) is 0 Å². The highest BCUT2D eigenvalue weighted by Gasteiger charge is 2.30. The van der Waals surface area contributed by atoms with Crippen molar-refractivity contribution >= 4 is 44.5 Å². The molecule has 0 aromatic heterocycles. The minimum absolute atomic E-state index is 0.0291. The zero-order chi connectivity index (χ0) is 15.5. The predicted octanol–water partition coefficient (Wildman–Crippen LogP) is 4.22. The molecule has 1 aliphatic rings. The first-order valence-electron chi connectivity index (χ1n) is 6.97. The monoisotopic (exact) mass is 374 g/mol. The molecule has 22 heavy (non-hydrogen) atoms. The van der Waals surface area contributed by atoms with Gasteiger partial charge in [-0.2, -0.15) is 0 Å². The molecule has 3 nitrogen and oxygen atoms in total. The van der Waals surface area contributed by atoms with E-state index in [2.05, 4.69) is 57.4 Å². The van der Waals surface area contributed by atoms with E-state index >= 15 is 0 Å². The first kappa shape index (κ1) is 15.3. The third kappa shape index (κ3) is 3.78. The Morgan fingerprint density at radius 1 is 1.14 bits per heavy atom. The highest BCUT2D eigenvalue weighted by molar-refractivity contribution is 9.10. The third-order valence-corrected chi connectivity index (χ3v) is 4.99. The summed E-state index contributed by atoms with van der Waals surface area (Å²) in [5.74, 6) is 0.0291. The number of nitrogens with one attached hydrogen (secondary N) is 1. The molecule has 2 aromatic carbocycles. The molecule has 1 amide bonds. The largest absolute Gasteiger partial charge is 0.304 e. The van der Waals surface area contributed by atoms with E-state index in [1.807, 2.05) is 24.3 Å². The van der Waals surface area contributed by atoms with Gasteiger partial charge in [0.15, 0.2) is 5.17 Å². The number of aliphatic imine (C=N–C) groups is 1. The van der Waals surface area contributed by atoms with Crippen LogP contribution in [0.25, 0.3) is 0 Å². The molecule has 1 N–H and O–H groups in total. The predicted molar refractivity (Wildman–Crippen MR) is 95.6 cm³/mol. The lowest BCUT2D eigenvalue weighted by molar-refractivity contribution is -0.118. The summed E-state index contributed by atoms with van der Waals surface area (Å²) in [6, 6.07) is 16.0. The summed E-state index contributed by atoms with van der Waals surface area (Å²) in [4.78, 5) is 16.6. The number of halogens is 1. The lowest BCUT2D eigenvalue weighted by atomic mass is 10.1. The van der Waals surface area contributed by atoms with Gasteiger partial charge in [0.05, 0.1) is 10.9 Å². The first-order valence-corrected chi connectivity index (χ1v) is 8.65. The Kier molecular flexibility index (Phi) is 4.64. The maximum Gasteiger partial charge on any atom is 0.239 e. The molecule has 0 radical (unpaired) electrons. The molecule has 0 aliphatic carbocycles. The molecular formula is C17H15BrN2OS. The van der Waals surface area contributed by atoms with Gasteiger partial charge in [0.25, 0.3) is 0 Å². The number of nitrogens with zero attached hydrogens (tertiary/aromatic N) is 1. The molecule has 3 rings (SSSR count). The number of amidine groups is 1. The molecule has 1 atom stereocenters. The van der Waals surface area contributed by atoms with E-state index in [4.69, 9.17) is 0 Å². The van der Waals surface area contributed by atoms with Crippen molar-refractivity contribution in [2.75, 3.05) is 0 Å². The SMILES string of the molecule is Cc1ccc(C[C@@H]2SC(=Nc3ccc(Br)cc3)NC2=O)cc1. The Balaban J connectivity index is 1.70. The summed E-state index contributed by atoms with van der Waals surface area (Å²) in [7, 11) is 0. The molecule has 112 valence electrons. The summed E-state index contributed by atoms with van der Waals surface area (Å²) in [5, 5.41) is 3.42. The number of rotatable bonds is 3. The summed E-state index contributed by atoms with van der Waals surface area (Å²) in [5.41, 5.74) is 3.23. The average Bonchev–Trinajstić information content (AvgIpc) is 2.84. The van der Waals surface area contributed by atoms with E-state index in [-0.39, 0.29) is 11.2 Å². The number of carbonyl (C=O) groups excluding carboxylic acids is 1. The van der Waals surface area contributed by atoms with Crippen molar-refractivity contribution < 1.29 is 4.79 Å². The fraction of sp³-hybridized carbons (Fsp3) is 0.176. The normalized spacial score (nSPS) is 19.5.